The third-order valence-corrected chi connectivity index (χ3v) is 3.52. The molecule has 0 spiro atoms. The second-order valence-corrected chi connectivity index (χ2v) is 5.27. The minimum atomic E-state index is -1.51. The quantitative estimate of drug-likeness (QED) is 0.806. The zero-order valence-corrected chi connectivity index (χ0v) is 14.2. The SMILES string of the molecule is COc1ccc(OC)c(/C=C(/NC(=O)c2ccc(C)cc2)C(=O)[O-])c1. The first-order chi connectivity index (χ1) is 11.9. The molecule has 6 heteroatoms. The summed E-state index contributed by atoms with van der Waals surface area (Å²) in [6.45, 7) is 1.89. The molecule has 0 aliphatic heterocycles. The molecule has 25 heavy (non-hydrogen) atoms. The largest absolute Gasteiger partial charge is 0.543 e. The van der Waals surface area contributed by atoms with Crippen LogP contribution < -0.4 is 19.9 Å². The van der Waals surface area contributed by atoms with E-state index in [1.54, 1.807) is 42.5 Å². The Balaban J connectivity index is 2.34. The summed E-state index contributed by atoms with van der Waals surface area (Å²) >= 11 is 0. The number of aliphatic carboxylic acids is 1. The van der Waals surface area contributed by atoms with E-state index in [2.05, 4.69) is 5.32 Å². The van der Waals surface area contributed by atoms with Crippen molar-refractivity contribution in [1.29, 1.82) is 0 Å². The van der Waals surface area contributed by atoms with Gasteiger partial charge in [-0.2, -0.15) is 0 Å². The van der Waals surface area contributed by atoms with Crippen LogP contribution >= 0.6 is 0 Å². The van der Waals surface area contributed by atoms with Crippen molar-refractivity contribution >= 4 is 18.0 Å². The highest BCUT2D eigenvalue weighted by Crippen LogP contribution is 2.25. The van der Waals surface area contributed by atoms with Crippen molar-refractivity contribution in [2.75, 3.05) is 14.2 Å². The molecule has 0 aliphatic carbocycles. The molecule has 0 atom stereocenters. The molecular weight excluding hydrogens is 322 g/mol. The molecule has 2 rings (SSSR count). The van der Waals surface area contributed by atoms with Gasteiger partial charge < -0.3 is 24.7 Å². The molecule has 0 saturated carbocycles. The van der Waals surface area contributed by atoms with E-state index >= 15 is 0 Å². The van der Waals surface area contributed by atoms with Gasteiger partial charge in [-0.25, -0.2) is 0 Å². The molecule has 6 nitrogen and oxygen atoms in total. The minimum absolute atomic E-state index is 0.343. The van der Waals surface area contributed by atoms with Gasteiger partial charge in [-0.3, -0.25) is 4.79 Å². The van der Waals surface area contributed by atoms with E-state index in [-0.39, 0.29) is 5.70 Å². The van der Waals surface area contributed by atoms with E-state index in [9.17, 15) is 14.7 Å². The lowest BCUT2D eigenvalue weighted by Gasteiger charge is -2.13. The molecule has 2 aromatic rings. The summed E-state index contributed by atoms with van der Waals surface area (Å²) in [7, 11) is 2.96. The van der Waals surface area contributed by atoms with Gasteiger partial charge in [0, 0.05) is 11.1 Å². The highest BCUT2D eigenvalue weighted by Gasteiger charge is 2.11. The molecule has 0 heterocycles. The Morgan fingerprint density at radius 2 is 1.72 bits per heavy atom. The normalized spacial score (nSPS) is 10.9. The molecule has 0 unspecified atom stereocenters. The molecule has 0 bridgehead atoms. The van der Waals surface area contributed by atoms with Gasteiger partial charge >= 0.3 is 0 Å². The molecule has 0 aliphatic rings. The molecular formula is C19H18NO5-. The van der Waals surface area contributed by atoms with Gasteiger partial charge in [0.1, 0.15) is 11.5 Å². The van der Waals surface area contributed by atoms with Gasteiger partial charge in [-0.15, -0.1) is 0 Å². The molecule has 130 valence electrons. The van der Waals surface area contributed by atoms with Crippen LogP contribution in [0, 0.1) is 6.92 Å². The lowest BCUT2D eigenvalue weighted by molar-refractivity contribution is -0.299. The number of hydrogen-bond donors (Lipinski definition) is 1. The lowest BCUT2D eigenvalue weighted by atomic mass is 10.1. The Bertz CT molecular complexity index is 809. The van der Waals surface area contributed by atoms with E-state index < -0.39 is 11.9 Å². The molecule has 1 N–H and O–H groups in total. The summed E-state index contributed by atoms with van der Waals surface area (Å²) in [4.78, 5) is 23.7. The predicted octanol–water partition coefficient (Wildman–Crippen LogP) is 1.53. The fraction of sp³-hybridized carbons (Fsp3) is 0.158. The van der Waals surface area contributed by atoms with Crippen molar-refractivity contribution in [1.82, 2.24) is 5.32 Å². The third kappa shape index (κ3) is 4.60. The number of aryl methyl sites for hydroxylation is 1. The summed E-state index contributed by atoms with van der Waals surface area (Å²) < 4.78 is 10.3. The van der Waals surface area contributed by atoms with Crippen molar-refractivity contribution in [2.24, 2.45) is 0 Å². The molecule has 0 radical (unpaired) electrons. The fourth-order valence-corrected chi connectivity index (χ4v) is 2.15. The average molecular weight is 340 g/mol. The number of rotatable bonds is 6. The number of methoxy groups -OCH3 is 2. The molecule has 1 amide bonds. The predicted molar refractivity (Wildman–Crippen MR) is 91.2 cm³/mol. The number of benzene rings is 2. The van der Waals surface area contributed by atoms with Gasteiger partial charge in [-0.05, 0) is 43.3 Å². The van der Waals surface area contributed by atoms with Crippen LogP contribution in [0.5, 0.6) is 11.5 Å². The number of carboxylic acid groups (broad SMARTS) is 1. The van der Waals surface area contributed by atoms with Crippen LogP contribution in [0.3, 0.4) is 0 Å². The molecule has 0 aromatic heterocycles. The molecule has 2 aromatic carbocycles. The summed E-state index contributed by atoms with van der Waals surface area (Å²) in [6.07, 6.45) is 1.27. The van der Waals surface area contributed by atoms with Crippen molar-refractivity contribution in [3.63, 3.8) is 0 Å². The fourth-order valence-electron chi connectivity index (χ4n) is 2.15. The van der Waals surface area contributed by atoms with Crippen molar-refractivity contribution in [2.45, 2.75) is 6.92 Å². The van der Waals surface area contributed by atoms with Crippen LogP contribution in [0.15, 0.2) is 48.2 Å². The smallest absolute Gasteiger partial charge is 0.255 e. The zero-order chi connectivity index (χ0) is 18.4. The molecule has 0 saturated heterocycles. The first kappa shape index (κ1) is 18.1. The lowest BCUT2D eigenvalue weighted by Crippen LogP contribution is -2.35. The van der Waals surface area contributed by atoms with Gasteiger partial charge in [0.15, 0.2) is 0 Å². The number of ether oxygens (including phenoxy) is 2. The number of carboxylic acids is 1. The number of amides is 1. The van der Waals surface area contributed by atoms with Crippen molar-refractivity contribution in [3.05, 3.63) is 64.9 Å². The second kappa shape index (κ2) is 8.01. The number of hydrogen-bond acceptors (Lipinski definition) is 5. The maximum absolute atomic E-state index is 12.2. The van der Waals surface area contributed by atoms with Crippen LogP contribution in [-0.2, 0) is 4.79 Å². The van der Waals surface area contributed by atoms with Crippen molar-refractivity contribution in [3.8, 4) is 11.5 Å². The van der Waals surface area contributed by atoms with Crippen LogP contribution in [0.4, 0.5) is 0 Å². The van der Waals surface area contributed by atoms with Gasteiger partial charge in [-0.1, -0.05) is 17.7 Å². The highest BCUT2D eigenvalue weighted by atomic mass is 16.5. The number of carbonyl (C=O) groups excluding carboxylic acids is 2. The van der Waals surface area contributed by atoms with E-state index in [1.165, 1.54) is 20.3 Å². The summed E-state index contributed by atoms with van der Waals surface area (Å²) in [5.74, 6) is -1.10. The standard InChI is InChI=1S/C19H19NO5/c1-12-4-6-13(7-5-12)18(21)20-16(19(22)23)11-14-10-15(24-2)8-9-17(14)25-3/h4-11H,1-3H3,(H,20,21)(H,22,23)/p-1/b16-11+. The maximum Gasteiger partial charge on any atom is 0.255 e. The Morgan fingerprint density at radius 1 is 1.04 bits per heavy atom. The van der Waals surface area contributed by atoms with Crippen molar-refractivity contribution < 1.29 is 24.2 Å². The second-order valence-electron chi connectivity index (χ2n) is 5.27. The Labute approximate surface area is 145 Å². The number of nitrogens with one attached hydrogen (secondary N) is 1. The van der Waals surface area contributed by atoms with E-state index in [0.717, 1.165) is 5.56 Å². The van der Waals surface area contributed by atoms with E-state index in [4.69, 9.17) is 9.47 Å². The van der Waals surface area contributed by atoms with Gasteiger partial charge in [0.2, 0.25) is 0 Å². The summed E-state index contributed by atoms with van der Waals surface area (Å²) in [6, 6.07) is 11.7. The first-order valence-corrected chi connectivity index (χ1v) is 7.47. The summed E-state index contributed by atoms with van der Waals surface area (Å²) in [5, 5.41) is 13.8. The number of carbonyl (C=O) groups is 2. The van der Waals surface area contributed by atoms with Gasteiger partial charge in [0.05, 0.1) is 25.9 Å². The van der Waals surface area contributed by atoms with E-state index in [0.29, 0.717) is 22.6 Å². The Morgan fingerprint density at radius 3 is 2.28 bits per heavy atom. The minimum Gasteiger partial charge on any atom is -0.543 e. The average Bonchev–Trinajstić information content (AvgIpc) is 2.61. The molecule has 0 fully saturated rings. The Kier molecular flexibility index (Phi) is 5.79. The summed E-state index contributed by atoms with van der Waals surface area (Å²) in [5.41, 5.74) is 1.39. The Hall–Kier alpha value is -3.28. The van der Waals surface area contributed by atoms with Gasteiger partial charge in [0.25, 0.3) is 5.91 Å². The van der Waals surface area contributed by atoms with Crippen LogP contribution in [-0.4, -0.2) is 26.1 Å². The maximum atomic E-state index is 12.2. The van der Waals surface area contributed by atoms with Crippen LogP contribution in [0.1, 0.15) is 21.5 Å². The topological polar surface area (TPSA) is 87.7 Å². The zero-order valence-electron chi connectivity index (χ0n) is 14.2. The first-order valence-electron chi connectivity index (χ1n) is 7.47. The monoisotopic (exact) mass is 340 g/mol. The third-order valence-electron chi connectivity index (χ3n) is 3.52. The van der Waals surface area contributed by atoms with Crippen LogP contribution in [0.2, 0.25) is 0 Å². The van der Waals surface area contributed by atoms with Crippen LogP contribution in [0.25, 0.3) is 6.08 Å². The highest BCUT2D eigenvalue weighted by molar-refractivity contribution is 6.02. The van der Waals surface area contributed by atoms with E-state index in [1.807, 2.05) is 6.92 Å².